The van der Waals surface area contributed by atoms with E-state index in [4.69, 9.17) is 4.74 Å². The molecule has 0 unspecified atom stereocenters. The average molecular weight is 425 g/mol. The van der Waals surface area contributed by atoms with Gasteiger partial charge in [-0.2, -0.15) is 4.31 Å². The highest BCUT2D eigenvalue weighted by molar-refractivity contribution is 7.89. The molecule has 3 rings (SSSR count). The van der Waals surface area contributed by atoms with Crippen LogP contribution >= 0.6 is 0 Å². The number of ether oxygens (including phenoxy) is 1. The smallest absolute Gasteiger partial charge is 0.251 e. The topological polar surface area (TPSA) is 95.9 Å². The van der Waals surface area contributed by atoms with Crippen LogP contribution in [0.15, 0.2) is 29.2 Å². The van der Waals surface area contributed by atoms with Gasteiger partial charge >= 0.3 is 0 Å². The quantitative estimate of drug-likeness (QED) is 0.707. The molecule has 1 saturated heterocycles. The standard InChI is InChI=1S/C21H32N2O5S/c1-16-13-23(14-17(2)28-16)29(26,27)19-9-7-18(8-10-19)20(24)22-15-21(25)11-5-3-4-6-12-21/h7-10,16-17,25H,3-6,11-15H2,1-2H3,(H,22,24)/t16-,17+. The van der Waals surface area contributed by atoms with E-state index in [0.717, 1.165) is 25.7 Å². The first-order chi connectivity index (χ1) is 13.7. The number of nitrogens with zero attached hydrogens (tertiary/aromatic N) is 1. The van der Waals surface area contributed by atoms with Gasteiger partial charge in [0, 0.05) is 25.2 Å². The van der Waals surface area contributed by atoms with Gasteiger partial charge in [0.1, 0.15) is 0 Å². The summed E-state index contributed by atoms with van der Waals surface area (Å²) in [6.07, 6.45) is 5.25. The molecule has 2 fully saturated rings. The lowest BCUT2D eigenvalue weighted by molar-refractivity contribution is -0.0440. The number of nitrogens with one attached hydrogen (secondary N) is 1. The average Bonchev–Trinajstić information content (AvgIpc) is 2.90. The van der Waals surface area contributed by atoms with Gasteiger partial charge in [0.25, 0.3) is 5.91 Å². The second-order valence-corrected chi connectivity index (χ2v) is 10.4. The molecule has 8 heteroatoms. The first-order valence-electron chi connectivity index (χ1n) is 10.5. The van der Waals surface area contributed by atoms with Crippen LogP contribution in [0.4, 0.5) is 0 Å². The Morgan fingerprint density at radius 1 is 1.10 bits per heavy atom. The third-order valence-corrected chi connectivity index (χ3v) is 7.60. The lowest BCUT2D eigenvalue weighted by Gasteiger charge is -2.34. The molecule has 162 valence electrons. The van der Waals surface area contributed by atoms with E-state index in [1.807, 2.05) is 13.8 Å². The molecule has 0 aromatic heterocycles. The van der Waals surface area contributed by atoms with E-state index in [9.17, 15) is 18.3 Å². The number of carbonyl (C=O) groups is 1. The number of carbonyl (C=O) groups excluding carboxylic acids is 1. The lowest BCUT2D eigenvalue weighted by Crippen LogP contribution is -2.48. The fourth-order valence-electron chi connectivity index (χ4n) is 4.16. The summed E-state index contributed by atoms with van der Waals surface area (Å²) in [5.74, 6) is -0.305. The second kappa shape index (κ2) is 9.12. The minimum absolute atomic E-state index is 0.159. The van der Waals surface area contributed by atoms with Crippen molar-refractivity contribution in [2.24, 2.45) is 0 Å². The van der Waals surface area contributed by atoms with Crippen molar-refractivity contribution in [1.29, 1.82) is 0 Å². The Morgan fingerprint density at radius 2 is 1.66 bits per heavy atom. The van der Waals surface area contributed by atoms with Crippen LogP contribution in [0.25, 0.3) is 0 Å². The summed E-state index contributed by atoms with van der Waals surface area (Å²) in [6.45, 7) is 4.55. The first-order valence-corrected chi connectivity index (χ1v) is 11.9. The van der Waals surface area contributed by atoms with Gasteiger partial charge in [0.15, 0.2) is 0 Å². The van der Waals surface area contributed by atoms with Gasteiger partial charge in [0.2, 0.25) is 10.0 Å². The van der Waals surface area contributed by atoms with Crippen LogP contribution < -0.4 is 5.32 Å². The Balaban J connectivity index is 1.64. The highest BCUT2D eigenvalue weighted by atomic mass is 32.2. The zero-order valence-electron chi connectivity index (χ0n) is 17.3. The minimum Gasteiger partial charge on any atom is -0.388 e. The summed E-state index contributed by atoms with van der Waals surface area (Å²) in [5.41, 5.74) is -0.469. The number of benzene rings is 1. The van der Waals surface area contributed by atoms with Gasteiger partial charge in [0.05, 0.1) is 22.7 Å². The highest BCUT2D eigenvalue weighted by Gasteiger charge is 2.32. The van der Waals surface area contributed by atoms with Crippen LogP contribution in [0.5, 0.6) is 0 Å². The molecule has 0 spiro atoms. The number of hydrogen-bond donors (Lipinski definition) is 2. The Morgan fingerprint density at radius 3 is 2.21 bits per heavy atom. The first kappa shape index (κ1) is 22.2. The van der Waals surface area contributed by atoms with E-state index in [1.165, 1.54) is 28.6 Å². The van der Waals surface area contributed by atoms with Gasteiger partial charge in [-0.15, -0.1) is 0 Å². The van der Waals surface area contributed by atoms with Crippen molar-refractivity contribution in [3.8, 4) is 0 Å². The Hall–Kier alpha value is -1.48. The zero-order valence-corrected chi connectivity index (χ0v) is 18.1. The fraction of sp³-hybridized carbons (Fsp3) is 0.667. The van der Waals surface area contributed by atoms with Crippen molar-refractivity contribution in [2.75, 3.05) is 19.6 Å². The van der Waals surface area contributed by atoms with Crippen molar-refractivity contribution in [1.82, 2.24) is 9.62 Å². The van der Waals surface area contributed by atoms with Gasteiger partial charge in [-0.25, -0.2) is 8.42 Å². The third kappa shape index (κ3) is 5.57. The summed E-state index contributed by atoms with van der Waals surface area (Å²) in [7, 11) is -3.63. The Labute approximate surface area is 173 Å². The molecule has 29 heavy (non-hydrogen) atoms. The molecule has 1 heterocycles. The Bertz CT molecular complexity index is 791. The van der Waals surface area contributed by atoms with Crippen LogP contribution in [0.3, 0.4) is 0 Å². The van der Waals surface area contributed by atoms with E-state index in [1.54, 1.807) is 0 Å². The van der Waals surface area contributed by atoms with Gasteiger partial charge in [-0.05, 0) is 51.0 Å². The maximum atomic E-state index is 12.9. The van der Waals surface area contributed by atoms with Crippen molar-refractivity contribution in [3.05, 3.63) is 29.8 Å². The Kier molecular flexibility index (Phi) is 6.98. The largest absolute Gasteiger partial charge is 0.388 e. The van der Waals surface area contributed by atoms with E-state index in [2.05, 4.69) is 5.32 Å². The van der Waals surface area contributed by atoms with Crippen molar-refractivity contribution >= 4 is 15.9 Å². The number of rotatable bonds is 5. The summed E-state index contributed by atoms with van der Waals surface area (Å²) in [6, 6.07) is 5.98. The number of amides is 1. The molecule has 0 bridgehead atoms. The van der Waals surface area contributed by atoms with Crippen molar-refractivity contribution in [2.45, 2.75) is 75.1 Å². The van der Waals surface area contributed by atoms with Crippen molar-refractivity contribution in [3.63, 3.8) is 0 Å². The predicted molar refractivity (Wildman–Crippen MR) is 110 cm³/mol. The van der Waals surface area contributed by atoms with Gasteiger partial charge in [-0.1, -0.05) is 25.7 Å². The molecular formula is C21H32N2O5S. The van der Waals surface area contributed by atoms with Crippen molar-refractivity contribution < 1.29 is 23.1 Å². The molecule has 1 saturated carbocycles. The molecule has 7 nitrogen and oxygen atoms in total. The van der Waals surface area contributed by atoms with E-state index in [-0.39, 0.29) is 29.6 Å². The maximum Gasteiger partial charge on any atom is 0.251 e. The van der Waals surface area contributed by atoms with Crippen LogP contribution in [-0.2, 0) is 14.8 Å². The molecule has 2 atom stereocenters. The van der Waals surface area contributed by atoms with Gasteiger partial charge < -0.3 is 15.2 Å². The number of hydrogen-bond acceptors (Lipinski definition) is 5. The number of sulfonamides is 1. The number of morpholine rings is 1. The SMILES string of the molecule is C[C@@H]1CN(S(=O)(=O)c2ccc(C(=O)NCC3(O)CCCCCC3)cc2)C[C@H](C)O1. The molecule has 1 aliphatic carbocycles. The van der Waals surface area contributed by atoms with E-state index in [0.29, 0.717) is 31.5 Å². The third-order valence-electron chi connectivity index (χ3n) is 5.75. The number of aliphatic hydroxyl groups is 1. The van der Waals surface area contributed by atoms with Crippen LogP contribution in [0, 0.1) is 0 Å². The maximum absolute atomic E-state index is 12.9. The molecule has 0 radical (unpaired) electrons. The molecular weight excluding hydrogens is 392 g/mol. The fourth-order valence-corrected chi connectivity index (χ4v) is 5.76. The van der Waals surface area contributed by atoms with Crippen LogP contribution in [-0.4, -0.2) is 61.2 Å². The molecule has 1 amide bonds. The summed E-state index contributed by atoms with van der Waals surface area (Å²) in [4.78, 5) is 12.6. The predicted octanol–water partition coefficient (Wildman–Crippen LogP) is 2.30. The second-order valence-electron chi connectivity index (χ2n) is 8.42. The molecule has 1 aliphatic heterocycles. The highest BCUT2D eigenvalue weighted by Crippen LogP contribution is 2.26. The van der Waals surface area contributed by atoms with Crippen LogP contribution in [0.1, 0.15) is 62.7 Å². The van der Waals surface area contributed by atoms with Crippen LogP contribution in [0.2, 0.25) is 0 Å². The molecule has 2 aliphatic rings. The monoisotopic (exact) mass is 424 g/mol. The lowest BCUT2D eigenvalue weighted by atomic mass is 9.94. The molecule has 1 aromatic carbocycles. The summed E-state index contributed by atoms with van der Waals surface area (Å²) < 4.78 is 32.9. The molecule has 1 aromatic rings. The van der Waals surface area contributed by atoms with E-state index < -0.39 is 15.6 Å². The normalized spacial score (nSPS) is 25.9. The van der Waals surface area contributed by atoms with Gasteiger partial charge in [-0.3, -0.25) is 4.79 Å². The minimum atomic E-state index is -3.63. The summed E-state index contributed by atoms with van der Waals surface area (Å²) >= 11 is 0. The van der Waals surface area contributed by atoms with E-state index >= 15 is 0 Å². The zero-order chi connectivity index (χ0) is 21.1. The molecule has 2 N–H and O–H groups in total. The summed E-state index contributed by atoms with van der Waals surface area (Å²) in [5, 5.41) is 13.5.